The number of rotatable bonds is 14. The Bertz CT molecular complexity index is 1080. The normalized spacial score (nSPS) is 24.9. The lowest BCUT2D eigenvalue weighted by atomic mass is 9.77. The van der Waals surface area contributed by atoms with Crippen LogP contribution in [-0.2, 0) is 14.3 Å². The number of methoxy groups -OCH3 is 1. The minimum atomic E-state index is -1.15. The second kappa shape index (κ2) is 14.1. The summed E-state index contributed by atoms with van der Waals surface area (Å²) in [5.74, 6) is -0.541. The van der Waals surface area contributed by atoms with E-state index in [-0.39, 0.29) is 25.2 Å². The molecule has 10 nitrogen and oxygen atoms in total. The summed E-state index contributed by atoms with van der Waals surface area (Å²) in [6.45, 7) is 2.88. The Hall–Kier alpha value is -2.95. The zero-order chi connectivity index (χ0) is 28.6. The maximum absolute atomic E-state index is 13.6. The number of benzene rings is 1. The van der Waals surface area contributed by atoms with Gasteiger partial charge < -0.3 is 34.6 Å². The van der Waals surface area contributed by atoms with Crippen LogP contribution in [0.3, 0.4) is 0 Å². The molecule has 3 N–H and O–H groups in total. The average Bonchev–Trinajstić information content (AvgIpc) is 3.62. The van der Waals surface area contributed by atoms with Crippen molar-refractivity contribution in [3.05, 3.63) is 34.9 Å². The highest BCUT2D eigenvalue weighted by Gasteiger charge is 2.51. The first-order valence-corrected chi connectivity index (χ1v) is 14.5. The van der Waals surface area contributed by atoms with Crippen LogP contribution in [0.15, 0.2) is 23.8 Å². The Morgan fingerprint density at radius 1 is 1.23 bits per heavy atom. The summed E-state index contributed by atoms with van der Waals surface area (Å²) in [4.78, 5) is 40.4. The van der Waals surface area contributed by atoms with Crippen LogP contribution >= 0.6 is 0 Å². The van der Waals surface area contributed by atoms with Crippen LogP contribution in [0, 0.1) is 0 Å². The van der Waals surface area contributed by atoms with E-state index < -0.39 is 30.1 Å². The van der Waals surface area contributed by atoms with Crippen molar-refractivity contribution < 1.29 is 38.8 Å². The lowest BCUT2D eigenvalue weighted by molar-refractivity contribution is -0.139. The third kappa shape index (κ3) is 6.50. The lowest BCUT2D eigenvalue weighted by Crippen LogP contribution is -2.57. The molecule has 0 spiro atoms. The number of carbonyl (C=O) groups is 3. The molecule has 1 aromatic carbocycles. The van der Waals surface area contributed by atoms with Crippen molar-refractivity contribution in [3.8, 4) is 11.5 Å². The van der Waals surface area contributed by atoms with Gasteiger partial charge in [-0.2, -0.15) is 0 Å². The summed E-state index contributed by atoms with van der Waals surface area (Å²) < 4.78 is 17.6. The van der Waals surface area contributed by atoms with E-state index in [0.717, 1.165) is 44.9 Å². The van der Waals surface area contributed by atoms with Gasteiger partial charge in [-0.3, -0.25) is 14.4 Å². The molecule has 1 fully saturated rings. The van der Waals surface area contributed by atoms with Crippen LogP contribution in [0.5, 0.6) is 11.5 Å². The number of nitrogens with zero attached hydrogens (tertiary/aromatic N) is 1. The Morgan fingerprint density at radius 3 is 2.70 bits per heavy atom. The summed E-state index contributed by atoms with van der Waals surface area (Å²) in [5, 5.41) is 23.8. The maximum atomic E-state index is 13.6. The summed E-state index contributed by atoms with van der Waals surface area (Å²) >= 11 is 0. The molecule has 0 saturated carbocycles. The van der Waals surface area contributed by atoms with Crippen LogP contribution in [0.1, 0.15) is 80.1 Å². The first-order valence-electron chi connectivity index (χ1n) is 14.5. The van der Waals surface area contributed by atoms with E-state index in [0.29, 0.717) is 54.1 Å². The smallest absolute Gasteiger partial charge is 0.247 e. The molecule has 4 rings (SSSR count). The van der Waals surface area contributed by atoms with E-state index in [2.05, 4.69) is 12.2 Å². The van der Waals surface area contributed by atoms with Crippen molar-refractivity contribution in [1.29, 1.82) is 0 Å². The summed E-state index contributed by atoms with van der Waals surface area (Å²) in [7, 11) is 1.46. The van der Waals surface area contributed by atoms with Crippen molar-refractivity contribution >= 4 is 18.1 Å². The number of unbranched alkanes of at least 4 members (excludes halogenated alkanes) is 4. The molecule has 1 saturated heterocycles. The van der Waals surface area contributed by atoms with Gasteiger partial charge in [0, 0.05) is 42.8 Å². The van der Waals surface area contributed by atoms with Gasteiger partial charge in [-0.15, -0.1) is 0 Å². The molecule has 0 unspecified atom stereocenters. The number of amides is 2. The van der Waals surface area contributed by atoms with Crippen molar-refractivity contribution in [2.75, 3.05) is 33.4 Å². The van der Waals surface area contributed by atoms with Crippen LogP contribution in [0.2, 0.25) is 0 Å². The predicted molar refractivity (Wildman–Crippen MR) is 148 cm³/mol. The standard InChI is InChI=1S/C30H42N2O8/c1-3-4-5-6-7-10-25(35)32(17-20-9-8-13-39-20)23-16-22(30(37)31-11-12-33)26-21-14-19(18-34)15-24(38-2)28(21)40-29(26)27(23)36/h14-16,18,20,23,26-27,29,33,36H,3-13,17H2,1-2H3,(H,31,37)/t20-,23-,26+,27+,29+/m1/s1. The third-order valence-electron chi connectivity index (χ3n) is 8.01. The van der Waals surface area contributed by atoms with E-state index in [1.165, 1.54) is 7.11 Å². The molecule has 220 valence electrons. The molecular weight excluding hydrogens is 516 g/mol. The Balaban J connectivity index is 1.70. The molecule has 0 aromatic heterocycles. The fourth-order valence-electron chi connectivity index (χ4n) is 5.98. The van der Waals surface area contributed by atoms with Gasteiger partial charge in [0.1, 0.15) is 18.5 Å². The number of nitrogens with one attached hydrogen (secondary N) is 1. The maximum Gasteiger partial charge on any atom is 0.247 e. The topological polar surface area (TPSA) is 135 Å². The highest BCUT2D eigenvalue weighted by atomic mass is 16.5. The molecule has 1 aliphatic carbocycles. The van der Waals surface area contributed by atoms with E-state index in [4.69, 9.17) is 14.2 Å². The zero-order valence-corrected chi connectivity index (χ0v) is 23.5. The average molecular weight is 559 g/mol. The fraction of sp³-hybridized carbons (Fsp3) is 0.633. The zero-order valence-electron chi connectivity index (χ0n) is 23.5. The molecule has 2 heterocycles. The van der Waals surface area contributed by atoms with Gasteiger partial charge in [0.05, 0.1) is 31.8 Å². The van der Waals surface area contributed by atoms with Gasteiger partial charge in [-0.05, 0) is 37.5 Å². The van der Waals surface area contributed by atoms with Crippen molar-refractivity contribution in [3.63, 3.8) is 0 Å². The minimum absolute atomic E-state index is 0.0442. The van der Waals surface area contributed by atoms with Crippen LogP contribution in [0.25, 0.3) is 0 Å². The molecule has 0 bridgehead atoms. The first kappa shape index (κ1) is 30.0. The quantitative estimate of drug-likeness (QED) is 0.234. The second-order valence-electron chi connectivity index (χ2n) is 10.7. The molecule has 5 atom stereocenters. The van der Waals surface area contributed by atoms with Gasteiger partial charge in [0.25, 0.3) is 0 Å². The monoisotopic (exact) mass is 558 g/mol. The largest absolute Gasteiger partial charge is 0.493 e. The summed E-state index contributed by atoms with van der Waals surface area (Å²) in [5.41, 5.74) is 1.22. The molecule has 3 aliphatic rings. The summed E-state index contributed by atoms with van der Waals surface area (Å²) in [6.07, 6.45) is 7.22. The van der Waals surface area contributed by atoms with Gasteiger partial charge >= 0.3 is 0 Å². The van der Waals surface area contributed by atoms with E-state index in [1.807, 2.05) is 0 Å². The summed E-state index contributed by atoms with van der Waals surface area (Å²) in [6, 6.07) is 2.37. The van der Waals surface area contributed by atoms with Gasteiger partial charge in [-0.25, -0.2) is 0 Å². The molecular formula is C30H42N2O8. The number of fused-ring (bicyclic) bond motifs is 3. The molecule has 0 radical (unpaired) electrons. The Kier molecular flexibility index (Phi) is 10.6. The van der Waals surface area contributed by atoms with Crippen molar-refractivity contribution in [2.45, 2.75) is 88.6 Å². The SMILES string of the molecule is CCCCCCCC(=O)N(C[C@H]1CCCO1)[C@@H]1C=C(C(=O)NCCO)[C@@H]2c3cc(C=O)cc(OC)c3O[C@@H]2[C@H]1O. The van der Waals surface area contributed by atoms with Crippen molar-refractivity contribution in [2.24, 2.45) is 0 Å². The van der Waals surface area contributed by atoms with E-state index in [9.17, 15) is 24.6 Å². The Labute approximate surface area is 235 Å². The first-order chi connectivity index (χ1) is 19.4. The predicted octanol–water partition coefficient (Wildman–Crippen LogP) is 2.50. The number of ether oxygens (including phenoxy) is 3. The number of hydrogen-bond donors (Lipinski definition) is 3. The lowest BCUT2D eigenvalue weighted by Gasteiger charge is -2.41. The number of carbonyl (C=O) groups excluding carboxylic acids is 3. The third-order valence-corrected chi connectivity index (χ3v) is 8.01. The van der Waals surface area contributed by atoms with Crippen LogP contribution < -0.4 is 14.8 Å². The molecule has 10 heteroatoms. The van der Waals surface area contributed by atoms with Crippen molar-refractivity contribution in [1.82, 2.24) is 10.2 Å². The van der Waals surface area contributed by atoms with Crippen LogP contribution in [-0.4, -0.2) is 91.0 Å². The van der Waals surface area contributed by atoms with Gasteiger partial charge in [-0.1, -0.05) is 32.6 Å². The number of aldehydes is 1. The molecule has 2 aliphatic heterocycles. The van der Waals surface area contributed by atoms with Crippen LogP contribution in [0.4, 0.5) is 0 Å². The van der Waals surface area contributed by atoms with E-state index >= 15 is 0 Å². The highest BCUT2D eigenvalue weighted by Crippen LogP contribution is 2.51. The van der Waals surface area contributed by atoms with Gasteiger partial charge in [0.2, 0.25) is 11.8 Å². The molecule has 40 heavy (non-hydrogen) atoms. The number of aliphatic hydroxyl groups is 2. The molecule has 2 amide bonds. The molecule has 1 aromatic rings. The Morgan fingerprint density at radius 2 is 2.02 bits per heavy atom. The second-order valence-corrected chi connectivity index (χ2v) is 10.7. The van der Waals surface area contributed by atoms with E-state index in [1.54, 1.807) is 23.1 Å². The number of aliphatic hydroxyl groups excluding tert-OH is 2. The number of hydrogen-bond acceptors (Lipinski definition) is 8. The van der Waals surface area contributed by atoms with Gasteiger partial charge in [0.15, 0.2) is 11.5 Å². The minimum Gasteiger partial charge on any atom is -0.493 e. The fourth-order valence-corrected chi connectivity index (χ4v) is 5.98. The highest BCUT2D eigenvalue weighted by molar-refractivity contribution is 5.96.